The lowest BCUT2D eigenvalue weighted by Crippen LogP contribution is -2.51. The number of piperidine rings is 1. The van der Waals surface area contributed by atoms with Crippen molar-refractivity contribution >= 4 is 16.1 Å². The number of sulfonamides is 1. The minimum absolute atomic E-state index is 0.0329. The third-order valence-electron chi connectivity index (χ3n) is 3.74. The normalized spacial score (nSPS) is 17.5. The van der Waals surface area contributed by atoms with Crippen molar-refractivity contribution in [1.29, 1.82) is 0 Å². The number of carbonyl (C=O) groups excluding carboxylic acids is 1. The monoisotopic (exact) mass is 333 g/mol. The summed E-state index contributed by atoms with van der Waals surface area (Å²) in [5, 5.41) is 2.96. The van der Waals surface area contributed by atoms with E-state index >= 15 is 0 Å². The van der Waals surface area contributed by atoms with Gasteiger partial charge >= 0.3 is 6.03 Å². The van der Waals surface area contributed by atoms with Crippen molar-refractivity contribution in [1.82, 2.24) is 14.9 Å². The second kappa shape index (κ2) is 8.15. The molecule has 0 spiro atoms. The summed E-state index contributed by atoms with van der Waals surface area (Å²) in [5.41, 5.74) is -0.233. The number of hydrogen-bond donors (Lipinski definition) is 2. The fourth-order valence-electron chi connectivity index (χ4n) is 2.39. The number of hydrogen-bond acceptors (Lipinski definition) is 3. The predicted molar refractivity (Wildman–Crippen MR) is 89.3 cm³/mol. The van der Waals surface area contributed by atoms with E-state index in [2.05, 4.69) is 10.0 Å². The summed E-state index contributed by atoms with van der Waals surface area (Å²) in [4.78, 5) is 13.9. The number of urea groups is 1. The smallest absolute Gasteiger partial charge is 0.317 e. The summed E-state index contributed by atoms with van der Waals surface area (Å²) in [5.74, 6) is 0.520. The zero-order chi connectivity index (χ0) is 16.8. The average molecular weight is 333 g/mol. The first-order valence-corrected chi connectivity index (χ1v) is 9.82. The van der Waals surface area contributed by atoms with Crippen LogP contribution in [-0.4, -0.2) is 50.3 Å². The third kappa shape index (κ3) is 7.45. The summed E-state index contributed by atoms with van der Waals surface area (Å²) in [7, 11) is -3.14. The average Bonchev–Trinajstić information content (AvgIpc) is 2.42. The van der Waals surface area contributed by atoms with E-state index in [-0.39, 0.29) is 17.3 Å². The maximum atomic E-state index is 12.1. The molecule has 1 heterocycles. The van der Waals surface area contributed by atoms with E-state index < -0.39 is 10.0 Å². The zero-order valence-electron chi connectivity index (χ0n) is 14.3. The van der Waals surface area contributed by atoms with Gasteiger partial charge in [0.1, 0.15) is 0 Å². The van der Waals surface area contributed by atoms with Gasteiger partial charge in [0, 0.05) is 25.2 Å². The summed E-state index contributed by atoms with van der Waals surface area (Å²) >= 11 is 0. The van der Waals surface area contributed by atoms with Crippen molar-refractivity contribution in [3.05, 3.63) is 0 Å². The highest BCUT2D eigenvalue weighted by molar-refractivity contribution is 7.89. The van der Waals surface area contributed by atoms with Gasteiger partial charge < -0.3 is 10.2 Å². The molecule has 130 valence electrons. The Morgan fingerprint density at radius 1 is 1.23 bits per heavy atom. The molecule has 0 bridgehead atoms. The summed E-state index contributed by atoms with van der Waals surface area (Å²) in [6.45, 7) is 9.72. The molecule has 0 unspecified atom stereocenters. The van der Waals surface area contributed by atoms with Gasteiger partial charge in [0.05, 0.1) is 5.75 Å². The summed E-state index contributed by atoms with van der Waals surface area (Å²) in [6.07, 6.45) is 3.25. The van der Waals surface area contributed by atoms with E-state index in [1.54, 1.807) is 0 Å². The number of likely N-dealkylation sites (tertiary alicyclic amines) is 1. The lowest BCUT2D eigenvalue weighted by Gasteiger charge is -2.34. The van der Waals surface area contributed by atoms with E-state index in [4.69, 9.17) is 0 Å². The van der Waals surface area contributed by atoms with Crippen LogP contribution in [0.2, 0.25) is 0 Å². The number of unbranched alkanes of at least 4 members (excludes halogenated alkanes) is 1. The first-order chi connectivity index (χ1) is 10.1. The number of nitrogens with one attached hydrogen (secondary N) is 2. The van der Waals surface area contributed by atoms with Crippen molar-refractivity contribution in [2.75, 3.05) is 25.4 Å². The Bertz CT molecular complexity index is 449. The highest BCUT2D eigenvalue weighted by Gasteiger charge is 2.25. The fraction of sp³-hybridized carbons (Fsp3) is 0.933. The molecule has 0 radical (unpaired) electrons. The molecule has 2 N–H and O–H groups in total. The number of rotatable bonds is 6. The SMILES string of the molecule is CCCCS(=O)(=O)NCC1CCN(C(=O)NC(C)(C)C)CC1. The molecule has 2 amide bonds. The Kier molecular flexibility index (Phi) is 7.12. The van der Waals surface area contributed by atoms with Crippen LogP contribution in [0.4, 0.5) is 4.79 Å². The van der Waals surface area contributed by atoms with Crippen molar-refractivity contribution in [3.63, 3.8) is 0 Å². The maximum absolute atomic E-state index is 12.1. The molecule has 1 fully saturated rings. The minimum atomic E-state index is -3.14. The molecular weight excluding hydrogens is 302 g/mol. The molecule has 1 rings (SSSR count). The number of carbonyl (C=O) groups is 1. The quantitative estimate of drug-likeness (QED) is 0.779. The Balaban J connectivity index is 2.32. The van der Waals surface area contributed by atoms with Gasteiger partial charge in [-0.1, -0.05) is 13.3 Å². The van der Waals surface area contributed by atoms with E-state index in [0.717, 1.165) is 19.3 Å². The van der Waals surface area contributed by atoms with E-state index in [0.29, 0.717) is 32.0 Å². The Labute approximate surface area is 135 Å². The Morgan fingerprint density at radius 2 is 1.82 bits per heavy atom. The predicted octanol–water partition coefficient (Wildman–Crippen LogP) is 1.93. The number of nitrogens with zero attached hydrogens (tertiary/aromatic N) is 1. The van der Waals surface area contributed by atoms with Crippen molar-refractivity contribution in [3.8, 4) is 0 Å². The van der Waals surface area contributed by atoms with Crippen LogP contribution < -0.4 is 10.0 Å². The fourth-order valence-corrected chi connectivity index (χ4v) is 3.69. The lowest BCUT2D eigenvalue weighted by atomic mass is 9.97. The minimum Gasteiger partial charge on any atom is -0.333 e. The van der Waals surface area contributed by atoms with Gasteiger partial charge in [-0.25, -0.2) is 17.9 Å². The molecular formula is C15H31N3O3S. The lowest BCUT2D eigenvalue weighted by molar-refractivity contribution is 0.163. The molecule has 1 aliphatic heterocycles. The summed E-state index contributed by atoms with van der Waals surface area (Å²) < 4.78 is 26.3. The van der Waals surface area contributed by atoms with Crippen LogP contribution >= 0.6 is 0 Å². The van der Waals surface area contributed by atoms with Gasteiger partial charge in [0.25, 0.3) is 0 Å². The molecule has 1 aliphatic rings. The highest BCUT2D eigenvalue weighted by Crippen LogP contribution is 2.17. The van der Waals surface area contributed by atoms with Crippen LogP contribution in [0, 0.1) is 5.92 Å². The van der Waals surface area contributed by atoms with Gasteiger partial charge in [0.2, 0.25) is 10.0 Å². The van der Waals surface area contributed by atoms with Crippen LogP contribution in [0.15, 0.2) is 0 Å². The molecule has 6 nitrogen and oxygen atoms in total. The van der Waals surface area contributed by atoms with Gasteiger partial charge in [0.15, 0.2) is 0 Å². The van der Waals surface area contributed by atoms with Crippen LogP contribution in [0.5, 0.6) is 0 Å². The van der Waals surface area contributed by atoms with Crippen molar-refractivity contribution in [2.24, 2.45) is 5.92 Å². The van der Waals surface area contributed by atoms with Crippen LogP contribution in [-0.2, 0) is 10.0 Å². The molecule has 0 aromatic rings. The molecule has 0 aromatic carbocycles. The third-order valence-corrected chi connectivity index (χ3v) is 5.17. The molecule has 0 aromatic heterocycles. The van der Waals surface area contributed by atoms with Gasteiger partial charge in [-0.3, -0.25) is 0 Å². The second-order valence-electron chi connectivity index (χ2n) is 7.13. The Hall–Kier alpha value is -0.820. The molecule has 7 heteroatoms. The molecule has 0 aliphatic carbocycles. The first-order valence-electron chi connectivity index (χ1n) is 8.17. The standard InChI is InChI=1S/C15H31N3O3S/c1-5-6-11-22(20,21)16-12-13-7-9-18(10-8-13)14(19)17-15(2,3)4/h13,16H,5-12H2,1-4H3,(H,17,19). The van der Waals surface area contributed by atoms with Crippen molar-refractivity contribution < 1.29 is 13.2 Å². The largest absolute Gasteiger partial charge is 0.333 e. The molecule has 1 saturated heterocycles. The molecule has 22 heavy (non-hydrogen) atoms. The van der Waals surface area contributed by atoms with Gasteiger partial charge in [-0.15, -0.1) is 0 Å². The first kappa shape index (κ1) is 19.2. The maximum Gasteiger partial charge on any atom is 0.317 e. The molecule has 0 atom stereocenters. The topological polar surface area (TPSA) is 78.5 Å². The second-order valence-corrected chi connectivity index (χ2v) is 9.06. The number of amides is 2. The van der Waals surface area contributed by atoms with Gasteiger partial charge in [-0.05, 0) is 46.0 Å². The Morgan fingerprint density at radius 3 is 2.32 bits per heavy atom. The highest BCUT2D eigenvalue weighted by atomic mass is 32.2. The van der Waals surface area contributed by atoms with Crippen molar-refractivity contribution in [2.45, 2.75) is 58.9 Å². The summed E-state index contributed by atoms with van der Waals surface area (Å²) in [6, 6.07) is -0.0329. The van der Waals surface area contributed by atoms with Crippen LogP contribution in [0.3, 0.4) is 0 Å². The van der Waals surface area contributed by atoms with E-state index in [1.807, 2.05) is 32.6 Å². The zero-order valence-corrected chi connectivity index (χ0v) is 15.1. The van der Waals surface area contributed by atoms with Crippen LogP contribution in [0.25, 0.3) is 0 Å². The van der Waals surface area contributed by atoms with Crippen LogP contribution in [0.1, 0.15) is 53.4 Å². The van der Waals surface area contributed by atoms with Gasteiger partial charge in [-0.2, -0.15) is 0 Å². The van der Waals surface area contributed by atoms with E-state index in [9.17, 15) is 13.2 Å². The molecule has 0 saturated carbocycles. The van der Waals surface area contributed by atoms with E-state index in [1.165, 1.54) is 0 Å².